The number of fused-ring (bicyclic) bond motifs is 1. The summed E-state index contributed by atoms with van der Waals surface area (Å²) in [6.07, 6.45) is 0.671. The maximum Gasteiger partial charge on any atom is 0.322 e. The van der Waals surface area contributed by atoms with Gasteiger partial charge in [-0.15, -0.1) is 0 Å². The van der Waals surface area contributed by atoms with Crippen LogP contribution in [0.2, 0.25) is 0 Å². The second-order valence-corrected chi connectivity index (χ2v) is 4.45. The number of likely N-dealkylation sites (N-methyl/N-ethyl adjacent to an activating group) is 1. The van der Waals surface area contributed by atoms with Gasteiger partial charge in [0.2, 0.25) is 0 Å². The zero-order chi connectivity index (χ0) is 13.8. The van der Waals surface area contributed by atoms with Crippen molar-refractivity contribution in [2.45, 2.75) is 25.9 Å². The number of para-hydroxylation sites is 2. The van der Waals surface area contributed by atoms with Crippen molar-refractivity contribution in [2.75, 3.05) is 14.2 Å². The van der Waals surface area contributed by atoms with Gasteiger partial charge in [-0.25, -0.2) is 4.98 Å². The van der Waals surface area contributed by atoms with Gasteiger partial charge < -0.3 is 14.6 Å². The van der Waals surface area contributed by atoms with Crippen LogP contribution >= 0.6 is 0 Å². The highest BCUT2D eigenvalue weighted by molar-refractivity contribution is 5.76. The Morgan fingerprint density at radius 1 is 1.47 bits per heavy atom. The number of nitrogens with one attached hydrogen (secondary N) is 1. The molecule has 19 heavy (non-hydrogen) atoms. The van der Waals surface area contributed by atoms with E-state index in [0.29, 0.717) is 6.42 Å². The van der Waals surface area contributed by atoms with Crippen molar-refractivity contribution in [2.24, 2.45) is 0 Å². The number of hydrogen-bond donors (Lipinski definition) is 1. The highest BCUT2D eigenvalue weighted by Crippen LogP contribution is 2.16. The second kappa shape index (κ2) is 5.84. The molecule has 1 aromatic carbocycles. The molecule has 1 heterocycles. The van der Waals surface area contributed by atoms with E-state index in [9.17, 15) is 4.79 Å². The van der Waals surface area contributed by atoms with Gasteiger partial charge in [-0.05, 0) is 32.5 Å². The van der Waals surface area contributed by atoms with Gasteiger partial charge in [-0.1, -0.05) is 12.1 Å². The van der Waals surface area contributed by atoms with Crippen LogP contribution in [0.3, 0.4) is 0 Å². The van der Waals surface area contributed by atoms with Crippen molar-refractivity contribution in [1.82, 2.24) is 14.9 Å². The third-order valence-corrected chi connectivity index (χ3v) is 3.32. The molecule has 0 bridgehead atoms. The predicted octanol–water partition coefficient (Wildman–Crippen LogP) is 1.50. The van der Waals surface area contributed by atoms with Gasteiger partial charge in [0.05, 0.1) is 18.1 Å². The summed E-state index contributed by atoms with van der Waals surface area (Å²) >= 11 is 0. The number of methoxy groups -OCH3 is 1. The molecular weight excluding hydrogens is 242 g/mol. The van der Waals surface area contributed by atoms with Crippen LogP contribution in [0.1, 0.15) is 12.2 Å². The van der Waals surface area contributed by atoms with Crippen LogP contribution in [0.15, 0.2) is 24.3 Å². The lowest BCUT2D eigenvalue weighted by atomic mass is 10.2. The molecule has 102 valence electrons. The lowest BCUT2D eigenvalue weighted by Gasteiger charge is -2.14. The second-order valence-electron chi connectivity index (χ2n) is 4.45. The summed E-state index contributed by atoms with van der Waals surface area (Å²) in [6.45, 7) is 2.71. The SMILES string of the molecule is CNC(CCn1c(C)nc2ccccc21)C(=O)OC. The van der Waals surface area contributed by atoms with E-state index in [1.807, 2.05) is 31.2 Å². The van der Waals surface area contributed by atoms with E-state index in [1.54, 1.807) is 7.05 Å². The Labute approximate surface area is 112 Å². The van der Waals surface area contributed by atoms with Crippen LogP contribution < -0.4 is 5.32 Å². The van der Waals surface area contributed by atoms with Crippen molar-refractivity contribution in [3.8, 4) is 0 Å². The molecule has 5 heteroatoms. The van der Waals surface area contributed by atoms with Crippen LogP contribution in [-0.2, 0) is 16.1 Å². The number of aromatic nitrogens is 2. The van der Waals surface area contributed by atoms with Crippen molar-refractivity contribution in [3.05, 3.63) is 30.1 Å². The minimum atomic E-state index is -0.287. The third-order valence-electron chi connectivity index (χ3n) is 3.32. The Hall–Kier alpha value is -1.88. The topological polar surface area (TPSA) is 56.2 Å². The Morgan fingerprint density at radius 2 is 2.21 bits per heavy atom. The zero-order valence-corrected chi connectivity index (χ0v) is 11.5. The fraction of sp³-hybridized carbons (Fsp3) is 0.429. The van der Waals surface area contributed by atoms with Gasteiger partial charge in [0, 0.05) is 6.54 Å². The Balaban J connectivity index is 2.17. The lowest BCUT2D eigenvalue weighted by molar-refractivity contribution is -0.143. The number of carbonyl (C=O) groups excluding carboxylic acids is 1. The minimum absolute atomic E-state index is 0.232. The molecule has 1 unspecified atom stereocenters. The van der Waals surface area contributed by atoms with E-state index in [4.69, 9.17) is 4.74 Å². The number of nitrogens with zero attached hydrogens (tertiary/aromatic N) is 2. The number of ether oxygens (including phenoxy) is 1. The van der Waals surface area contributed by atoms with Gasteiger partial charge in [0.15, 0.2) is 0 Å². The maximum atomic E-state index is 11.5. The Bertz CT molecular complexity index is 577. The molecule has 1 aromatic heterocycles. The standard InChI is InChI=1S/C14H19N3O2/c1-10-16-11-6-4-5-7-13(11)17(10)9-8-12(15-2)14(18)19-3/h4-7,12,15H,8-9H2,1-3H3. The van der Waals surface area contributed by atoms with Crippen molar-refractivity contribution in [3.63, 3.8) is 0 Å². The van der Waals surface area contributed by atoms with E-state index in [1.165, 1.54) is 7.11 Å². The molecule has 5 nitrogen and oxygen atoms in total. The van der Waals surface area contributed by atoms with E-state index < -0.39 is 0 Å². The van der Waals surface area contributed by atoms with Crippen molar-refractivity contribution < 1.29 is 9.53 Å². The molecule has 0 spiro atoms. The molecule has 2 rings (SSSR count). The molecule has 0 aliphatic rings. The molecular formula is C14H19N3O2. The first kappa shape index (κ1) is 13.5. The quantitative estimate of drug-likeness (QED) is 0.829. The number of carbonyl (C=O) groups is 1. The van der Waals surface area contributed by atoms with Gasteiger partial charge in [0.25, 0.3) is 0 Å². The zero-order valence-electron chi connectivity index (χ0n) is 11.5. The summed E-state index contributed by atoms with van der Waals surface area (Å²) in [5.74, 6) is 0.727. The summed E-state index contributed by atoms with van der Waals surface area (Å²) in [7, 11) is 3.17. The number of hydrogen-bond acceptors (Lipinski definition) is 4. The normalized spacial score (nSPS) is 12.6. The summed E-state index contributed by atoms with van der Waals surface area (Å²) in [6, 6.07) is 7.72. The molecule has 0 aliphatic carbocycles. The Morgan fingerprint density at radius 3 is 2.89 bits per heavy atom. The summed E-state index contributed by atoms with van der Waals surface area (Å²) in [5, 5.41) is 2.97. The summed E-state index contributed by atoms with van der Waals surface area (Å²) < 4.78 is 6.89. The van der Waals surface area contributed by atoms with Gasteiger partial charge >= 0.3 is 5.97 Å². The molecule has 2 aromatic rings. The monoisotopic (exact) mass is 261 g/mol. The van der Waals surface area contributed by atoms with Crippen molar-refractivity contribution >= 4 is 17.0 Å². The van der Waals surface area contributed by atoms with Gasteiger partial charge in [0.1, 0.15) is 11.9 Å². The van der Waals surface area contributed by atoms with E-state index in [0.717, 1.165) is 23.4 Å². The average Bonchev–Trinajstić information content (AvgIpc) is 2.75. The Kier molecular flexibility index (Phi) is 4.16. The van der Waals surface area contributed by atoms with E-state index in [2.05, 4.69) is 14.9 Å². The molecule has 0 fully saturated rings. The first-order valence-electron chi connectivity index (χ1n) is 6.34. The average molecular weight is 261 g/mol. The molecule has 0 saturated carbocycles. The molecule has 0 radical (unpaired) electrons. The smallest absolute Gasteiger partial charge is 0.322 e. The number of benzene rings is 1. The first-order chi connectivity index (χ1) is 9.17. The van der Waals surface area contributed by atoms with Crippen LogP contribution in [0.5, 0.6) is 0 Å². The lowest BCUT2D eigenvalue weighted by Crippen LogP contribution is -2.35. The highest BCUT2D eigenvalue weighted by Gasteiger charge is 2.17. The maximum absolute atomic E-state index is 11.5. The number of rotatable bonds is 5. The third kappa shape index (κ3) is 2.76. The fourth-order valence-electron chi connectivity index (χ4n) is 2.26. The van der Waals surface area contributed by atoms with Crippen molar-refractivity contribution in [1.29, 1.82) is 0 Å². The van der Waals surface area contributed by atoms with Crippen LogP contribution in [0.4, 0.5) is 0 Å². The molecule has 0 amide bonds. The number of imidazole rings is 1. The number of aryl methyl sites for hydroxylation is 2. The summed E-state index contributed by atoms with van der Waals surface area (Å²) in [5.41, 5.74) is 2.08. The van der Waals surface area contributed by atoms with Crippen LogP contribution in [0.25, 0.3) is 11.0 Å². The molecule has 1 atom stereocenters. The minimum Gasteiger partial charge on any atom is -0.468 e. The van der Waals surface area contributed by atoms with Crippen LogP contribution in [0, 0.1) is 6.92 Å². The first-order valence-corrected chi connectivity index (χ1v) is 6.34. The fourth-order valence-corrected chi connectivity index (χ4v) is 2.26. The predicted molar refractivity (Wildman–Crippen MR) is 74.0 cm³/mol. The van der Waals surface area contributed by atoms with Gasteiger partial charge in [-0.3, -0.25) is 4.79 Å². The summed E-state index contributed by atoms with van der Waals surface area (Å²) in [4.78, 5) is 16.0. The largest absolute Gasteiger partial charge is 0.468 e. The van der Waals surface area contributed by atoms with Gasteiger partial charge in [-0.2, -0.15) is 0 Å². The number of esters is 1. The molecule has 1 N–H and O–H groups in total. The molecule has 0 aliphatic heterocycles. The molecule has 0 saturated heterocycles. The highest BCUT2D eigenvalue weighted by atomic mass is 16.5. The van der Waals surface area contributed by atoms with E-state index >= 15 is 0 Å². The van der Waals surface area contributed by atoms with Crippen LogP contribution in [-0.4, -0.2) is 35.7 Å². The van der Waals surface area contributed by atoms with E-state index in [-0.39, 0.29) is 12.0 Å².